The Bertz CT molecular complexity index is 3510. The van der Waals surface area contributed by atoms with Gasteiger partial charge in [-0.15, -0.1) is 22.7 Å². The van der Waals surface area contributed by atoms with Crippen molar-refractivity contribution in [3.63, 3.8) is 0 Å². The Morgan fingerprint density at radius 2 is 1.18 bits per heavy atom. The van der Waals surface area contributed by atoms with E-state index in [-0.39, 0.29) is 58.4 Å². The highest BCUT2D eigenvalue weighted by molar-refractivity contribution is 7.26. The first kappa shape index (κ1) is 23.2. The molecule has 0 aliphatic carbocycles. The molecule has 0 aliphatic rings. The SMILES string of the molecule is [2H]c1c([2H])c([2H])c2c(sc3c([2H])c(-c4nc(-c5ccccc5)nc(-c5ccc6c(c5)sc5ccccc56)n4)c([2H])c([2H])c32)c1-c1ccc2oc3ccccc3c2c1. The van der Waals surface area contributed by atoms with Gasteiger partial charge in [-0.25, -0.2) is 15.0 Å². The molecule has 11 rings (SSSR count). The Morgan fingerprint density at radius 3 is 2.08 bits per heavy atom. The molecule has 238 valence electrons. The van der Waals surface area contributed by atoms with E-state index in [1.54, 1.807) is 11.3 Å². The van der Waals surface area contributed by atoms with Gasteiger partial charge in [-0.2, -0.15) is 0 Å². The molecule has 51 heavy (non-hydrogen) atoms. The third-order valence-corrected chi connectivity index (χ3v) is 11.5. The summed E-state index contributed by atoms with van der Waals surface area (Å²) in [6.45, 7) is 0. The van der Waals surface area contributed by atoms with E-state index in [1.807, 2.05) is 91.0 Å². The minimum absolute atomic E-state index is 0.0667. The number of fused-ring (bicyclic) bond motifs is 9. The molecule has 0 radical (unpaired) electrons. The molecule has 11 aromatic rings. The summed E-state index contributed by atoms with van der Waals surface area (Å²) in [7, 11) is 0. The van der Waals surface area contributed by atoms with Gasteiger partial charge in [0.05, 0.1) is 8.22 Å². The molecule has 0 fully saturated rings. The van der Waals surface area contributed by atoms with Crippen LogP contribution in [-0.4, -0.2) is 15.0 Å². The predicted octanol–water partition coefficient (Wildman–Crippen LogP) is 13.2. The van der Waals surface area contributed by atoms with Crippen LogP contribution in [0, 0.1) is 0 Å². The van der Waals surface area contributed by atoms with E-state index >= 15 is 0 Å². The third kappa shape index (κ3) is 4.61. The zero-order chi connectivity index (χ0) is 38.7. The second-order valence-corrected chi connectivity index (χ2v) is 14.4. The van der Waals surface area contributed by atoms with E-state index in [0.717, 1.165) is 37.6 Å². The van der Waals surface area contributed by atoms with Crippen LogP contribution in [0.3, 0.4) is 0 Å². The van der Waals surface area contributed by atoms with Crippen molar-refractivity contribution >= 4 is 85.0 Å². The first-order valence-electron chi connectivity index (χ1n) is 19.4. The highest BCUT2D eigenvalue weighted by atomic mass is 32.1. The smallest absolute Gasteiger partial charge is 0.164 e. The van der Waals surface area contributed by atoms with Crippen LogP contribution < -0.4 is 0 Å². The number of benzene rings is 7. The Labute approximate surface area is 308 Å². The van der Waals surface area contributed by atoms with Crippen molar-refractivity contribution < 1.29 is 12.6 Å². The molecule has 0 unspecified atom stereocenters. The van der Waals surface area contributed by atoms with Gasteiger partial charge in [-0.05, 0) is 47.5 Å². The molecule has 0 amide bonds. The van der Waals surface area contributed by atoms with E-state index in [1.165, 1.54) is 21.4 Å². The Hall–Kier alpha value is -6.21. The van der Waals surface area contributed by atoms with Gasteiger partial charge >= 0.3 is 0 Å². The number of hydrogen-bond acceptors (Lipinski definition) is 6. The van der Waals surface area contributed by atoms with Gasteiger partial charge in [-0.1, -0.05) is 115 Å². The van der Waals surface area contributed by atoms with Crippen LogP contribution in [0.2, 0.25) is 0 Å². The maximum absolute atomic E-state index is 9.64. The Balaban J connectivity index is 1.16. The van der Waals surface area contributed by atoms with E-state index in [0.29, 0.717) is 37.8 Å². The molecular formula is C45H25N3OS2. The number of thiophene rings is 2. The zero-order valence-corrected chi connectivity index (χ0v) is 28.2. The van der Waals surface area contributed by atoms with Gasteiger partial charge in [0.25, 0.3) is 0 Å². The number of aromatic nitrogens is 3. The first-order chi connectivity index (χ1) is 27.7. The van der Waals surface area contributed by atoms with E-state index < -0.39 is 0 Å². The Kier molecular flexibility index (Phi) is 5.08. The zero-order valence-electron chi connectivity index (χ0n) is 32.5. The van der Waals surface area contributed by atoms with Crippen molar-refractivity contribution in [2.45, 2.75) is 0 Å². The van der Waals surface area contributed by atoms with Crippen LogP contribution in [0.4, 0.5) is 0 Å². The lowest BCUT2D eigenvalue weighted by Crippen LogP contribution is -2.00. The van der Waals surface area contributed by atoms with Gasteiger partial charge in [0, 0.05) is 67.8 Å². The molecule has 0 bridgehead atoms. The molecule has 0 atom stereocenters. The average Bonchev–Trinajstić information content (AvgIpc) is 3.94. The number of hydrogen-bond donors (Lipinski definition) is 0. The summed E-state index contributed by atoms with van der Waals surface area (Å²) in [4.78, 5) is 14.6. The lowest BCUT2D eigenvalue weighted by atomic mass is 10.0. The van der Waals surface area contributed by atoms with Gasteiger partial charge in [0.15, 0.2) is 17.5 Å². The molecule has 4 nitrogen and oxygen atoms in total. The van der Waals surface area contributed by atoms with Gasteiger partial charge in [-0.3, -0.25) is 0 Å². The van der Waals surface area contributed by atoms with Crippen LogP contribution >= 0.6 is 22.7 Å². The molecule has 0 aliphatic heterocycles. The molecule has 0 N–H and O–H groups in total. The fraction of sp³-hybridized carbons (Fsp3) is 0. The van der Waals surface area contributed by atoms with Crippen molar-refractivity contribution in [3.8, 4) is 45.3 Å². The predicted molar refractivity (Wildman–Crippen MR) is 215 cm³/mol. The fourth-order valence-corrected chi connectivity index (χ4v) is 9.10. The maximum Gasteiger partial charge on any atom is 0.164 e. The van der Waals surface area contributed by atoms with Crippen molar-refractivity contribution in [3.05, 3.63) is 152 Å². The minimum atomic E-state index is -0.291. The summed E-state index contributed by atoms with van der Waals surface area (Å²) in [5.74, 6) is 0.823. The fourth-order valence-electron chi connectivity index (χ4n) is 6.81. The summed E-state index contributed by atoms with van der Waals surface area (Å²) in [5.41, 5.74) is 4.04. The first-order valence-corrected chi connectivity index (χ1v) is 18.0. The second kappa shape index (κ2) is 11.2. The van der Waals surface area contributed by atoms with Crippen molar-refractivity contribution in [2.75, 3.05) is 0 Å². The van der Waals surface area contributed by atoms with Crippen LogP contribution in [0.25, 0.3) is 108 Å². The van der Waals surface area contributed by atoms with Crippen molar-refractivity contribution in [2.24, 2.45) is 0 Å². The highest BCUT2D eigenvalue weighted by Gasteiger charge is 2.17. The van der Waals surface area contributed by atoms with Crippen LogP contribution in [0.15, 0.2) is 156 Å². The van der Waals surface area contributed by atoms with Crippen molar-refractivity contribution in [1.29, 1.82) is 0 Å². The molecule has 0 saturated carbocycles. The third-order valence-electron chi connectivity index (χ3n) is 9.25. The summed E-state index contributed by atoms with van der Waals surface area (Å²) >= 11 is 2.87. The Morgan fingerprint density at radius 1 is 0.451 bits per heavy atom. The van der Waals surface area contributed by atoms with Gasteiger partial charge < -0.3 is 4.42 Å². The maximum atomic E-state index is 9.64. The standard InChI is InChI=1S/C45H25N3OS2/c1-2-9-26(10-3-1)43-46-44(28-17-20-33-32-12-5-7-16-39(32)50-40(33)24-28)48-45(47-43)29-18-21-34-35-14-8-13-30(42(35)51-41(34)25-29)27-19-22-38-36(23-27)31-11-4-6-15-37(31)49-38/h1-25H/i8D,13D,14D,18D,21D,25D. The van der Waals surface area contributed by atoms with Gasteiger partial charge in [0.1, 0.15) is 11.2 Å². The molecule has 0 saturated heterocycles. The molecule has 6 heteroatoms. The second-order valence-electron chi connectivity index (χ2n) is 12.3. The number of rotatable bonds is 4. The lowest BCUT2D eigenvalue weighted by molar-refractivity contribution is 0.669. The summed E-state index contributed by atoms with van der Waals surface area (Å²) in [6, 6.07) is 36.0. The van der Waals surface area contributed by atoms with Gasteiger partial charge in [0.2, 0.25) is 0 Å². The summed E-state index contributed by atoms with van der Waals surface area (Å²) in [5, 5.41) is 4.58. The number of para-hydroxylation sites is 1. The van der Waals surface area contributed by atoms with E-state index in [9.17, 15) is 4.11 Å². The summed E-state index contributed by atoms with van der Waals surface area (Å²) < 4.78 is 64.6. The molecule has 7 aromatic carbocycles. The monoisotopic (exact) mass is 693 g/mol. The highest BCUT2D eigenvalue weighted by Crippen LogP contribution is 2.43. The average molecular weight is 694 g/mol. The van der Waals surface area contributed by atoms with E-state index in [4.69, 9.17) is 23.5 Å². The van der Waals surface area contributed by atoms with Crippen LogP contribution in [0.5, 0.6) is 0 Å². The quantitative estimate of drug-likeness (QED) is 0.184. The van der Waals surface area contributed by atoms with E-state index in [2.05, 4.69) is 24.3 Å². The molecule has 4 heterocycles. The van der Waals surface area contributed by atoms with Crippen LogP contribution in [0.1, 0.15) is 8.22 Å². The molecule has 4 aromatic heterocycles. The lowest BCUT2D eigenvalue weighted by Gasteiger charge is -2.09. The number of nitrogens with zero attached hydrogens (tertiary/aromatic N) is 3. The molecule has 0 spiro atoms. The normalized spacial score (nSPS) is 13.6. The number of furan rings is 1. The largest absolute Gasteiger partial charge is 0.456 e. The summed E-state index contributed by atoms with van der Waals surface area (Å²) in [6.07, 6.45) is 0. The molecular weight excluding hydrogens is 663 g/mol. The topological polar surface area (TPSA) is 51.8 Å². The van der Waals surface area contributed by atoms with Crippen molar-refractivity contribution in [1.82, 2.24) is 15.0 Å². The van der Waals surface area contributed by atoms with Crippen LogP contribution in [-0.2, 0) is 0 Å². The minimum Gasteiger partial charge on any atom is -0.456 e.